The number of aliphatic hydroxyl groups excluding tert-OH is 1. The molecule has 34 heavy (non-hydrogen) atoms. The lowest BCUT2D eigenvalue weighted by atomic mass is 10.2. The molecule has 2 unspecified atom stereocenters. The molecule has 4 rings (SSSR count). The Balaban J connectivity index is 0.000000588. The summed E-state index contributed by atoms with van der Waals surface area (Å²) in [6.07, 6.45) is 4.08. The van der Waals surface area contributed by atoms with Crippen LogP contribution in [-0.2, 0) is 14.8 Å². The molecular formula is C21H25N5O7S. The zero-order valence-corrected chi connectivity index (χ0v) is 19.1. The van der Waals surface area contributed by atoms with Crippen molar-refractivity contribution in [2.24, 2.45) is 0 Å². The summed E-state index contributed by atoms with van der Waals surface area (Å²) in [6, 6.07) is 9.30. The number of carboxylic acid groups (broad SMARTS) is 1. The quantitative estimate of drug-likeness (QED) is 0.283. The second-order valence-electron chi connectivity index (χ2n) is 7.62. The number of hydrogen-bond acceptors (Lipinski definition) is 9. The Kier molecular flexibility index (Phi) is 7.81. The molecule has 3 aromatic rings. The average Bonchev–Trinajstić information content (AvgIpc) is 3.44. The summed E-state index contributed by atoms with van der Waals surface area (Å²) in [6.45, 7) is 1.60. The van der Waals surface area contributed by atoms with Crippen molar-refractivity contribution < 1.29 is 28.3 Å². The van der Waals surface area contributed by atoms with Gasteiger partial charge in [-0.05, 0) is 37.5 Å². The first-order chi connectivity index (χ1) is 16.1. The van der Waals surface area contributed by atoms with Crippen LogP contribution in [0.4, 0.5) is 11.4 Å². The van der Waals surface area contributed by atoms with Gasteiger partial charge in [-0.3, -0.25) is 14.9 Å². The normalized spacial score (nSPS) is 17.7. The van der Waals surface area contributed by atoms with Crippen LogP contribution in [0.25, 0.3) is 11.0 Å². The number of aliphatic hydroxyl groups is 1. The number of nitrogens with one attached hydrogen (secondary N) is 2. The number of benzene rings is 1. The number of fused-ring (bicyclic) bond motifs is 1. The van der Waals surface area contributed by atoms with Crippen molar-refractivity contribution in [3.05, 3.63) is 58.9 Å². The van der Waals surface area contributed by atoms with Gasteiger partial charge in [-0.15, -0.1) is 0 Å². The van der Waals surface area contributed by atoms with Crippen molar-refractivity contribution in [1.29, 1.82) is 0 Å². The smallest absolute Gasteiger partial charge is 0.312 e. The molecule has 1 aromatic carbocycles. The highest BCUT2D eigenvalue weighted by Gasteiger charge is 2.27. The topological polar surface area (TPSA) is 177 Å². The van der Waals surface area contributed by atoms with Gasteiger partial charge in [-0.2, -0.15) is 0 Å². The fraction of sp³-hybridized carbons (Fsp3) is 0.333. The number of anilines is 1. The molecule has 1 aliphatic rings. The van der Waals surface area contributed by atoms with E-state index in [4.69, 9.17) is 5.11 Å². The molecule has 0 bridgehead atoms. The molecule has 4 N–H and O–H groups in total. The fourth-order valence-corrected chi connectivity index (χ4v) is 4.81. The number of carbonyl (C=O) groups is 1. The van der Waals surface area contributed by atoms with Gasteiger partial charge in [0.1, 0.15) is 11.9 Å². The predicted molar refractivity (Wildman–Crippen MR) is 124 cm³/mol. The lowest BCUT2D eigenvalue weighted by Gasteiger charge is -2.15. The maximum Gasteiger partial charge on any atom is 0.312 e. The zero-order valence-electron chi connectivity index (χ0n) is 18.3. The van der Waals surface area contributed by atoms with E-state index in [1.54, 1.807) is 25.1 Å². The van der Waals surface area contributed by atoms with Gasteiger partial charge in [0.25, 0.3) is 10.0 Å². The molecule has 1 saturated carbocycles. The van der Waals surface area contributed by atoms with Crippen molar-refractivity contribution in [3.8, 4) is 0 Å². The Bertz CT molecular complexity index is 1280. The Labute approximate surface area is 195 Å². The molecule has 2 atom stereocenters. The molecule has 0 radical (unpaired) electrons. The standard InChI is InChI=1S/C18H19N5O5S.C3H6O2/c24-13-7-6-12(10-13)20-21-17-15-8-9-22(18(15)19-11-16(17)23(25)26)29(27,28)14-4-2-1-3-5-14;1-2-3(4)5/h1-5,8-9,11-13,20,24H,6-7,10H2,(H,19,21);2H2,1H3,(H,4,5). The molecule has 0 spiro atoms. The van der Waals surface area contributed by atoms with Crippen molar-refractivity contribution in [1.82, 2.24) is 14.4 Å². The van der Waals surface area contributed by atoms with Crippen LogP contribution < -0.4 is 10.9 Å². The van der Waals surface area contributed by atoms with Gasteiger partial charge in [-0.25, -0.2) is 22.8 Å². The molecule has 1 fully saturated rings. The van der Waals surface area contributed by atoms with Crippen LogP contribution in [0, 0.1) is 10.1 Å². The number of carboxylic acids is 1. The van der Waals surface area contributed by atoms with E-state index < -0.39 is 27.0 Å². The van der Waals surface area contributed by atoms with E-state index in [0.29, 0.717) is 18.2 Å². The molecule has 0 amide bonds. The Morgan fingerprint density at radius 3 is 2.50 bits per heavy atom. The monoisotopic (exact) mass is 491 g/mol. The summed E-state index contributed by atoms with van der Waals surface area (Å²) in [5.41, 5.74) is 5.78. The van der Waals surface area contributed by atoms with Crippen LogP contribution in [0.1, 0.15) is 32.6 Å². The summed E-state index contributed by atoms with van der Waals surface area (Å²) >= 11 is 0. The third-order valence-electron chi connectivity index (χ3n) is 5.27. The summed E-state index contributed by atoms with van der Waals surface area (Å²) in [5.74, 6) is -0.745. The van der Waals surface area contributed by atoms with Crippen LogP contribution in [0.15, 0.2) is 53.7 Å². The molecule has 1 aliphatic carbocycles. The number of hydrazine groups is 1. The Morgan fingerprint density at radius 1 is 1.26 bits per heavy atom. The highest BCUT2D eigenvalue weighted by atomic mass is 32.2. The van der Waals surface area contributed by atoms with Gasteiger partial charge >= 0.3 is 11.7 Å². The number of nitro groups is 1. The first-order valence-electron chi connectivity index (χ1n) is 10.5. The van der Waals surface area contributed by atoms with Crippen LogP contribution in [0.3, 0.4) is 0 Å². The van der Waals surface area contributed by atoms with Crippen LogP contribution >= 0.6 is 0 Å². The number of pyridine rings is 1. The summed E-state index contributed by atoms with van der Waals surface area (Å²) in [5, 5.41) is 29.1. The Hall–Kier alpha value is -3.55. The molecule has 13 heteroatoms. The van der Waals surface area contributed by atoms with Crippen LogP contribution in [0.2, 0.25) is 0 Å². The molecular weight excluding hydrogens is 466 g/mol. The maximum atomic E-state index is 13.0. The molecule has 12 nitrogen and oxygen atoms in total. The van der Waals surface area contributed by atoms with E-state index >= 15 is 0 Å². The molecule has 2 heterocycles. The Morgan fingerprint density at radius 2 is 1.94 bits per heavy atom. The lowest BCUT2D eigenvalue weighted by molar-refractivity contribution is -0.384. The SMILES string of the molecule is CCC(=O)O.O=[N+]([O-])c1cnc2c(ccn2S(=O)(=O)c2ccccc2)c1NNC1CCC(O)C1. The highest BCUT2D eigenvalue weighted by molar-refractivity contribution is 7.90. The van der Waals surface area contributed by atoms with Crippen LogP contribution in [-0.4, -0.2) is 50.6 Å². The van der Waals surface area contributed by atoms with E-state index in [-0.39, 0.29) is 34.4 Å². The fourth-order valence-electron chi connectivity index (χ4n) is 3.49. The van der Waals surface area contributed by atoms with Gasteiger partial charge in [0, 0.05) is 18.7 Å². The minimum Gasteiger partial charge on any atom is -0.481 e. The summed E-state index contributed by atoms with van der Waals surface area (Å²) in [4.78, 5) is 24.4. The first kappa shape index (κ1) is 25.1. The van der Waals surface area contributed by atoms with Crippen LogP contribution in [0.5, 0.6) is 0 Å². The van der Waals surface area contributed by atoms with Crippen molar-refractivity contribution in [2.45, 2.75) is 49.6 Å². The van der Waals surface area contributed by atoms with E-state index in [0.717, 1.165) is 16.6 Å². The number of rotatable bonds is 7. The van der Waals surface area contributed by atoms with Crippen molar-refractivity contribution >= 4 is 38.4 Å². The third kappa shape index (κ3) is 5.50. The molecule has 0 saturated heterocycles. The summed E-state index contributed by atoms with van der Waals surface area (Å²) < 4.78 is 26.9. The number of nitrogens with zero attached hydrogens (tertiary/aromatic N) is 3. The molecule has 2 aromatic heterocycles. The zero-order chi connectivity index (χ0) is 24.9. The predicted octanol–water partition coefficient (Wildman–Crippen LogP) is 2.49. The van der Waals surface area contributed by atoms with E-state index in [9.17, 15) is 28.4 Å². The van der Waals surface area contributed by atoms with Crippen molar-refractivity contribution in [2.75, 3.05) is 5.43 Å². The largest absolute Gasteiger partial charge is 0.481 e. The second kappa shape index (κ2) is 10.6. The maximum absolute atomic E-state index is 13.0. The van der Waals surface area contributed by atoms with E-state index in [1.165, 1.54) is 24.4 Å². The van der Waals surface area contributed by atoms with E-state index in [1.807, 2.05) is 0 Å². The first-order valence-corrected chi connectivity index (χ1v) is 12.0. The minimum atomic E-state index is -3.91. The van der Waals surface area contributed by atoms with E-state index in [2.05, 4.69) is 15.8 Å². The van der Waals surface area contributed by atoms with Crippen molar-refractivity contribution in [3.63, 3.8) is 0 Å². The van der Waals surface area contributed by atoms with Gasteiger partial charge in [0.2, 0.25) is 0 Å². The van der Waals surface area contributed by atoms with Gasteiger partial charge in [-0.1, -0.05) is 25.1 Å². The summed E-state index contributed by atoms with van der Waals surface area (Å²) in [7, 11) is -3.91. The second-order valence-corrected chi connectivity index (χ2v) is 9.44. The van der Waals surface area contributed by atoms with Gasteiger partial charge < -0.3 is 15.6 Å². The number of aliphatic carboxylic acids is 1. The van der Waals surface area contributed by atoms with Gasteiger partial charge in [0.05, 0.1) is 21.3 Å². The number of aromatic nitrogens is 2. The average molecular weight is 492 g/mol. The molecule has 0 aliphatic heterocycles. The molecule has 182 valence electrons. The van der Waals surface area contributed by atoms with Gasteiger partial charge in [0.15, 0.2) is 5.65 Å². The third-order valence-corrected chi connectivity index (χ3v) is 6.95. The minimum absolute atomic E-state index is 0.0528. The lowest BCUT2D eigenvalue weighted by Crippen LogP contribution is -2.32. The highest BCUT2D eigenvalue weighted by Crippen LogP contribution is 2.33. The number of hydrogen-bond donors (Lipinski definition) is 4.